The van der Waals surface area contributed by atoms with Crippen LogP contribution in [0.2, 0.25) is 10.0 Å². The highest BCUT2D eigenvalue weighted by atomic mass is 35.5. The van der Waals surface area contributed by atoms with Crippen LogP contribution in [0.4, 0.5) is 10.8 Å². The molecule has 4 nitrogen and oxygen atoms in total. The first kappa shape index (κ1) is 14.1. The van der Waals surface area contributed by atoms with Crippen LogP contribution in [0.3, 0.4) is 0 Å². The summed E-state index contributed by atoms with van der Waals surface area (Å²) in [5.74, 6) is -0.447. The van der Waals surface area contributed by atoms with Gasteiger partial charge in [-0.25, -0.2) is 9.78 Å². The fourth-order valence-corrected chi connectivity index (χ4v) is 2.53. The number of aromatic nitrogens is 1. The summed E-state index contributed by atoms with van der Waals surface area (Å²) in [5, 5.41) is 6.11. The molecule has 0 unspecified atom stereocenters. The Hall–Kier alpha value is -1.30. The van der Waals surface area contributed by atoms with E-state index in [0.29, 0.717) is 27.5 Å². The molecular weight excluding hydrogens is 307 g/mol. The number of benzene rings is 1. The highest BCUT2D eigenvalue weighted by Crippen LogP contribution is 2.33. The number of nitrogens with one attached hydrogen (secondary N) is 1. The largest absolute Gasteiger partial charge is 0.461 e. The van der Waals surface area contributed by atoms with E-state index in [2.05, 4.69) is 10.3 Å². The number of para-hydroxylation sites is 1. The molecule has 0 atom stereocenters. The van der Waals surface area contributed by atoms with Crippen molar-refractivity contribution in [3.05, 3.63) is 39.3 Å². The molecule has 0 radical (unpaired) electrons. The summed E-state index contributed by atoms with van der Waals surface area (Å²) in [6, 6.07) is 5.19. The van der Waals surface area contributed by atoms with Crippen LogP contribution in [0.5, 0.6) is 0 Å². The van der Waals surface area contributed by atoms with Gasteiger partial charge in [0.25, 0.3) is 0 Å². The Bertz CT molecular complexity index is 581. The summed E-state index contributed by atoms with van der Waals surface area (Å²) < 4.78 is 4.86. The van der Waals surface area contributed by atoms with Crippen LogP contribution in [-0.2, 0) is 4.74 Å². The van der Waals surface area contributed by atoms with Crippen molar-refractivity contribution in [2.75, 3.05) is 11.9 Å². The third-order valence-electron chi connectivity index (χ3n) is 2.18. The minimum absolute atomic E-state index is 0.262. The molecule has 1 heterocycles. The predicted octanol–water partition coefficient (Wildman–Crippen LogP) is 4.37. The maximum absolute atomic E-state index is 11.5. The summed E-state index contributed by atoms with van der Waals surface area (Å²) in [7, 11) is 0. The monoisotopic (exact) mass is 316 g/mol. The van der Waals surface area contributed by atoms with Crippen molar-refractivity contribution in [2.24, 2.45) is 0 Å². The first-order valence-corrected chi connectivity index (χ1v) is 7.09. The Morgan fingerprint density at radius 1 is 1.42 bits per heavy atom. The molecular formula is C12H10Cl2N2O2S. The molecule has 1 aromatic heterocycles. The van der Waals surface area contributed by atoms with Gasteiger partial charge in [-0.1, -0.05) is 29.3 Å². The van der Waals surface area contributed by atoms with E-state index >= 15 is 0 Å². The smallest absolute Gasteiger partial charge is 0.357 e. The molecule has 7 heteroatoms. The molecule has 0 aliphatic heterocycles. The van der Waals surface area contributed by atoms with E-state index in [4.69, 9.17) is 27.9 Å². The van der Waals surface area contributed by atoms with Crippen molar-refractivity contribution in [2.45, 2.75) is 6.92 Å². The summed E-state index contributed by atoms with van der Waals surface area (Å²) in [4.78, 5) is 15.6. The second-order valence-corrected chi connectivity index (χ2v) is 5.15. The van der Waals surface area contributed by atoms with E-state index in [9.17, 15) is 4.79 Å². The van der Waals surface area contributed by atoms with Gasteiger partial charge in [0.15, 0.2) is 10.8 Å². The van der Waals surface area contributed by atoms with Gasteiger partial charge in [-0.15, -0.1) is 11.3 Å². The Labute approximate surface area is 124 Å². The highest BCUT2D eigenvalue weighted by Gasteiger charge is 2.13. The molecule has 0 spiro atoms. The molecule has 2 aromatic rings. The number of carbonyl (C=O) groups excluding carboxylic acids is 1. The molecule has 19 heavy (non-hydrogen) atoms. The Kier molecular flexibility index (Phi) is 4.63. The number of hydrogen-bond donors (Lipinski definition) is 1. The predicted molar refractivity (Wildman–Crippen MR) is 77.8 cm³/mol. The second kappa shape index (κ2) is 6.23. The topological polar surface area (TPSA) is 51.2 Å². The lowest BCUT2D eigenvalue weighted by Gasteiger charge is -2.06. The van der Waals surface area contributed by atoms with E-state index in [1.165, 1.54) is 11.3 Å². The van der Waals surface area contributed by atoms with Gasteiger partial charge < -0.3 is 10.1 Å². The van der Waals surface area contributed by atoms with Crippen molar-refractivity contribution in [3.8, 4) is 0 Å². The van der Waals surface area contributed by atoms with Gasteiger partial charge in [0.1, 0.15) is 0 Å². The number of thiazole rings is 1. The maximum Gasteiger partial charge on any atom is 0.357 e. The summed E-state index contributed by atoms with van der Waals surface area (Å²) in [6.45, 7) is 2.06. The Balaban J connectivity index is 2.18. The lowest BCUT2D eigenvalue weighted by Crippen LogP contribution is -2.05. The molecule has 1 N–H and O–H groups in total. The number of carbonyl (C=O) groups is 1. The normalized spacial score (nSPS) is 10.3. The molecule has 0 aliphatic rings. The van der Waals surface area contributed by atoms with Crippen LogP contribution in [0, 0.1) is 0 Å². The Morgan fingerprint density at radius 2 is 2.11 bits per heavy atom. The van der Waals surface area contributed by atoms with Crippen molar-refractivity contribution in [1.82, 2.24) is 4.98 Å². The molecule has 0 fully saturated rings. The number of esters is 1. The zero-order chi connectivity index (χ0) is 13.8. The SMILES string of the molecule is CCOC(=O)c1csc(Nc2c(Cl)cccc2Cl)n1. The molecule has 2 rings (SSSR count). The average molecular weight is 317 g/mol. The molecule has 0 saturated carbocycles. The van der Waals surface area contributed by atoms with E-state index in [-0.39, 0.29) is 5.69 Å². The van der Waals surface area contributed by atoms with E-state index in [1.54, 1.807) is 30.5 Å². The number of ether oxygens (including phenoxy) is 1. The van der Waals surface area contributed by atoms with Gasteiger partial charge in [0, 0.05) is 5.38 Å². The number of anilines is 2. The summed E-state index contributed by atoms with van der Waals surface area (Å²) in [5.41, 5.74) is 0.827. The molecule has 100 valence electrons. The first-order valence-electron chi connectivity index (χ1n) is 5.45. The van der Waals surface area contributed by atoms with E-state index in [1.807, 2.05) is 0 Å². The molecule has 0 amide bonds. The minimum atomic E-state index is -0.447. The van der Waals surface area contributed by atoms with Crippen LogP contribution in [-0.4, -0.2) is 17.6 Å². The van der Waals surface area contributed by atoms with Gasteiger partial charge in [-0.3, -0.25) is 0 Å². The molecule has 0 bridgehead atoms. The fourth-order valence-electron chi connectivity index (χ4n) is 1.35. The van der Waals surface area contributed by atoms with Crippen LogP contribution in [0.1, 0.15) is 17.4 Å². The zero-order valence-electron chi connectivity index (χ0n) is 9.94. The number of hydrogen-bond acceptors (Lipinski definition) is 5. The average Bonchev–Trinajstić information content (AvgIpc) is 2.83. The van der Waals surface area contributed by atoms with Gasteiger partial charge in [-0.05, 0) is 19.1 Å². The van der Waals surface area contributed by atoms with Crippen molar-refractivity contribution < 1.29 is 9.53 Å². The lowest BCUT2D eigenvalue weighted by atomic mass is 10.3. The minimum Gasteiger partial charge on any atom is -0.461 e. The summed E-state index contributed by atoms with van der Waals surface area (Å²) in [6.07, 6.45) is 0. The molecule has 0 aliphatic carbocycles. The standard InChI is InChI=1S/C12H10Cl2N2O2S/c1-2-18-11(17)9-6-19-12(15-9)16-10-7(13)4-3-5-8(10)14/h3-6H,2H2,1H3,(H,15,16). The van der Waals surface area contributed by atoms with Crippen LogP contribution in [0.15, 0.2) is 23.6 Å². The van der Waals surface area contributed by atoms with Gasteiger partial charge in [-0.2, -0.15) is 0 Å². The number of nitrogens with zero attached hydrogens (tertiary/aromatic N) is 1. The third kappa shape index (κ3) is 3.37. The molecule has 0 saturated heterocycles. The van der Waals surface area contributed by atoms with Crippen molar-refractivity contribution >= 4 is 51.3 Å². The maximum atomic E-state index is 11.5. The number of halogens is 2. The van der Waals surface area contributed by atoms with Gasteiger partial charge in [0.05, 0.1) is 22.3 Å². The Morgan fingerprint density at radius 3 is 2.74 bits per heavy atom. The number of rotatable bonds is 4. The zero-order valence-corrected chi connectivity index (χ0v) is 12.3. The van der Waals surface area contributed by atoms with E-state index in [0.717, 1.165) is 0 Å². The van der Waals surface area contributed by atoms with Crippen molar-refractivity contribution in [3.63, 3.8) is 0 Å². The first-order chi connectivity index (χ1) is 9.11. The quantitative estimate of drug-likeness (QED) is 0.851. The van der Waals surface area contributed by atoms with Gasteiger partial charge >= 0.3 is 5.97 Å². The van der Waals surface area contributed by atoms with Crippen LogP contribution >= 0.6 is 34.5 Å². The van der Waals surface area contributed by atoms with Crippen LogP contribution < -0.4 is 5.32 Å². The highest BCUT2D eigenvalue weighted by molar-refractivity contribution is 7.14. The van der Waals surface area contributed by atoms with Gasteiger partial charge in [0.2, 0.25) is 0 Å². The van der Waals surface area contributed by atoms with Crippen LogP contribution in [0.25, 0.3) is 0 Å². The lowest BCUT2D eigenvalue weighted by molar-refractivity contribution is 0.0520. The second-order valence-electron chi connectivity index (χ2n) is 3.48. The molecule has 1 aromatic carbocycles. The third-order valence-corrected chi connectivity index (χ3v) is 3.57. The fraction of sp³-hybridized carbons (Fsp3) is 0.167. The van der Waals surface area contributed by atoms with Crippen molar-refractivity contribution in [1.29, 1.82) is 0 Å². The van der Waals surface area contributed by atoms with E-state index < -0.39 is 5.97 Å². The summed E-state index contributed by atoms with van der Waals surface area (Å²) >= 11 is 13.3.